The van der Waals surface area contributed by atoms with Gasteiger partial charge in [0.1, 0.15) is 5.75 Å². The number of rotatable bonds is 8. The minimum Gasteiger partial charge on any atom is -0.495 e. The first-order valence-electron chi connectivity index (χ1n) is 9.33. The summed E-state index contributed by atoms with van der Waals surface area (Å²) in [6, 6.07) is 4.37. The van der Waals surface area contributed by atoms with Crippen LogP contribution in [0.2, 0.25) is 0 Å². The van der Waals surface area contributed by atoms with E-state index in [1.165, 1.54) is 29.6 Å². The van der Waals surface area contributed by atoms with Crippen LogP contribution in [0.15, 0.2) is 32.7 Å². The molecule has 3 rings (SSSR count). The molecule has 10 nitrogen and oxygen atoms in total. The third kappa shape index (κ3) is 5.31. The van der Waals surface area contributed by atoms with Gasteiger partial charge < -0.3 is 19.2 Å². The Kier molecular flexibility index (Phi) is 7.34. The Bertz CT molecular complexity index is 986. The molecule has 1 amide bonds. The van der Waals surface area contributed by atoms with E-state index in [0.29, 0.717) is 30.1 Å². The van der Waals surface area contributed by atoms with Crippen molar-refractivity contribution in [2.45, 2.75) is 29.9 Å². The maximum atomic E-state index is 12.9. The molecule has 1 fully saturated rings. The molecule has 0 spiro atoms. The third-order valence-electron chi connectivity index (χ3n) is 4.30. The first-order valence-corrected chi connectivity index (χ1v) is 11.8. The van der Waals surface area contributed by atoms with Crippen molar-refractivity contribution >= 4 is 33.4 Å². The number of nitrogens with one attached hydrogen (secondary N) is 1. The topological polar surface area (TPSA) is 124 Å². The van der Waals surface area contributed by atoms with Gasteiger partial charge in [0.25, 0.3) is 5.22 Å². The zero-order valence-electron chi connectivity index (χ0n) is 17.0. The molecule has 2 aromatic rings. The lowest BCUT2D eigenvalue weighted by Crippen LogP contribution is -2.40. The van der Waals surface area contributed by atoms with Gasteiger partial charge in [-0.2, -0.15) is 4.31 Å². The summed E-state index contributed by atoms with van der Waals surface area (Å²) >= 11 is 1.10. The molecular weight excluding hydrogens is 432 g/mol. The second-order valence-electron chi connectivity index (χ2n) is 6.78. The van der Waals surface area contributed by atoms with Gasteiger partial charge in [-0.05, 0) is 18.2 Å². The van der Waals surface area contributed by atoms with Gasteiger partial charge >= 0.3 is 0 Å². The molecule has 0 saturated carbocycles. The summed E-state index contributed by atoms with van der Waals surface area (Å²) in [5.74, 6) is 0.614. The van der Waals surface area contributed by atoms with Crippen molar-refractivity contribution < 1.29 is 27.1 Å². The number of aromatic nitrogens is 2. The molecule has 0 unspecified atom stereocenters. The SMILES string of the molecule is COc1ccc(S(=O)(=O)N2CCOCC2)cc1NC(=O)CSc1nnc(C(C)C)o1. The zero-order chi connectivity index (χ0) is 21.7. The molecule has 1 aliphatic heterocycles. The van der Waals surface area contributed by atoms with Crippen LogP contribution in [-0.4, -0.2) is 68.0 Å². The Labute approximate surface area is 179 Å². The van der Waals surface area contributed by atoms with Crippen LogP contribution in [0.1, 0.15) is 25.7 Å². The number of amides is 1. The third-order valence-corrected chi connectivity index (χ3v) is 7.01. The van der Waals surface area contributed by atoms with E-state index >= 15 is 0 Å². The highest BCUT2D eigenvalue weighted by molar-refractivity contribution is 7.99. The van der Waals surface area contributed by atoms with Crippen LogP contribution in [0.4, 0.5) is 5.69 Å². The fourth-order valence-electron chi connectivity index (χ4n) is 2.71. The van der Waals surface area contributed by atoms with E-state index in [-0.39, 0.29) is 41.3 Å². The number of morpholine rings is 1. The van der Waals surface area contributed by atoms with E-state index in [1.807, 2.05) is 13.8 Å². The number of anilines is 1. The molecule has 2 heterocycles. The highest BCUT2D eigenvalue weighted by Crippen LogP contribution is 2.30. The molecule has 0 aliphatic carbocycles. The van der Waals surface area contributed by atoms with Crippen LogP contribution in [0.3, 0.4) is 0 Å². The summed E-state index contributed by atoms with van der Waals surface area (Å²) in [7, 11) is -2.25. The predicted octanol–water partition coefficient (Wildman–Crippen LogP) is 1.95. The number of sulfonamides is 1. The number of hydrogen-bond acceptors (Lipinski definition) is 9. The van der Waals surface area contributed by atoms with Crippen LogP contribution in [-0.2, 0) is 19.6 Å². The maximum absolute atomic E-state index is 12.9. The van der Waals surface area contributed by atoms with E-state index in [2.05, 4.69) is 15.5 Å². The molecular formula is C18H24N4O6S2. The van der Waals surface area contributed by atoms with Gasteiger partial charge in [-0.1, -0.05) is 25.6 Å². The predicted molar refractivity (Wildman–Crippen MR) is 110 cm³/mol. The van der Waals surface area contributed by atoms with Gasteiger partial charge in [-0.15, -0.1) is 10.2 Å². The molecule has 1 saturated heterocycles. The molecule has 1 N–H and O–H groups in total. The summed E-state index contributed by atoms with van der Waals surface area (Å²) in [4.78, 5) is 12.5. The van der Waals surface area contributed by atoms with Gasteiger partial charge in [-0.25, -0.2) is 8.42 Å². The van der Waals surface area contributed by atoms with Crippen molar-refractivity contribution in [3.8, 4) is 5.75 Å². The number of hydrogen-bond donors (Lipinski definition) is 1. The summed E-state index contributed by atoms with van der Waals surface area (Å²) in [6.07, 6.45) is 0. The average molecular weight is 457 g/mol. The van der Waals surface area contributed by atoms with E-state index in [9.17, 15) is 13.2 Å². The van der Waals surface area contributed by atoms with Crippen LogP contribution in [0.25, 0.3) is 0 Å². The van der Waals surface area contributed by atoms with Gasteiger partial charge in [0, 0.05) is 19.0 Å². The van der Waals surface area contributed by atoms with Gasteiger partial charge in [-0.3, -0.25) is 4.79 Å². The standard InChI is InChI=1S/C18H24N4O6S2/c1-12(2)17-20-21-18(28-17)29-11-16(23)19-14-10-13(4-5-15(14)26-3)30(24,25)22-6-8-27-9-7-22/h4-5,10,12H,6-9,11H2,1-3H3,(H,19,23). The number of carbonyl (C=O) groups excluding carboxylic acids is 1. The lowest BCUT2D eigenvalue weighted by atomic mass is 10.2. The van der Waals surface area contributed by atoms with Gasteiger partial charge in [0.05, 0.1) is 36.7 Å². The second kappa shape index (κ2) is 9.77. The Balaban J connectivity index is 1.70. The Hall–Kier alpha value is -2.15. The number of benzene rings is 1. The Morgan fingerprint density at radius 1 is 1.30 bits per heavy atom. The molecule has 1 aromatic carbocycles. The fraction of sp³-hybridized carbons (Fsp3) is 0.500. The molecule has 0 atom stereocenters. The number of methoxy groups -OCH3 is 1. The van der Waals surface area contributed by atoms with Crippen LogP contribution >= 0.6 is 11.8 Å². The minimum atomic E-state index is -3.70. The van der Waals surface area contributed by atoms with Crippen molar-refractivity contribution in [3.63, 3.8) is 0 Å². The van der Waals surface area contributed by atoms with Gasteiger partial charge in [0.2, 0.25) is 21.8 Å². The van der Waals surface area contributed by atoms with Crippen molar-refractivity contribution in [1.29, 1.82) is 0 Å². The largest absolute Gasteiger partial charge is 0.495 e. The summed E-state index contributed by atoms with van der Waals surface area (Å²) in [5.41, 5.74) is 0.269. The number of thioether (sulfide) groups is 1. The van der Waals surface area contributed by atoms with Crippen LogP contribution in [0, 0.1) is 0 Å². The molecule has 30 heavy (non-hydrogen) atoms. The zero-order valence-corrected chi connectivity index (χ0v) is 18.6. The maximum Gasteiger partial charge on any atom is 0.277 e. The summed E-state index contributed by atoms with van der Waals surface area (Å²) < 4.78 is 43.1. The second-order valence-corrected chi connectivity index (χ2v) is 9.64. The lowest BCUT2D eigenvalue weighted by molar-refractivity contribution is -0.113. The van der Waals surface area contributed by atoms with Crippen molar-refractivity contribution in [3.05, 3.63) is 24.1 Å². The first kappa shape index (κ1) is 22.5. The minimum absolute atomic E-state index is 0.0172. The molecule has 1 aromatic heterocycles. The van der Waals surface area contributed by atoms with Crippen molar-refractivity contribution in [2.75, 3.05) is 44.5 Å². The Morgan fingerprint density at radius 3 is 2.67 bits per heavy atom. The monoisotopic (exact) mass is 456 g/mol. The van der Waals surface area contributed by atoms with Gasteiger partial charge in [0.15, 0.2) is 0 Å². The molecule has 1 aliphatic rings. The number of carbonyl (C=O) groups is 1. The van der Waals surface area contributed by atoms with E-state index in [0.717, 1.165) is 11.8 Å². The molecule has 164 valence electrons. The van der Waals surface area contributed by atoms with Crippen LogP contribution < -0.4 is 10.1 Å². The van der Waals surface area contributed by atoms with Crippen molar-refractivity contribution in [1.82, 2.24) is 14.5 Å². The number of ether oxygens (including phenoxy) is 2. The fourth-order valence-corrected chi connectivity index (χ4v) is 4.71. The Morgan fingerprint density at radius 2 is 2.03 bits per heavy atom. The first-order chi connectivity index (χ1) is 14.3. The smallest absolute Gasteiger partial charge is 0.277 e. The quantitative estimate of drug-likeness (QED) is 0.594. The van der Waals surface area contributed by atoms with E-state index in [4.69, 9.17) is 13.9 Å². The normalized spacial score (nSPS) is 15.3. The van der Waals surface area contributed by atoms with Crippen molar-refractivity contribution in [2.24, 2.45) is 0 Å². The van der Waals surface area contributed by atoms with E-state index < -0.39 is 10.0 Å². The van der Waals surface area contributed by atoms with Crippen LogP contribution in [0.5, 0.6) is 5.75 Å². The highest BCUT2D eigenvalue weighted by Gasteiger charge is 2.27. The lowest BCUT2D eigenvalue weighted by Gasteiger charge is -2.26. The highest BCUT2D eigenvalue weighted by atomic mass is 32.2. The van der Waals surface area contributed by atoms with E-state index in [1.54, 1.807) is 0 Å². The molecule has 12 heteroatoms. The summed E-state index contributed by atoms with van der Waals surface area (Å²) in [6.45, 7) is 5.14. The number of nitrogens with zero attached hydrogens (tertiary/aromatic N) is 3. The summed E-state index contributed by atoms with van der Waals surface area (Å²) in [5, 5.41) is 10.8. The average Bonchev–Trinajstić information content (AvgIpc) is 3.22. The molecule has 0 radical (unpaired) electrons. The molecule has 0 bridgehead atoms.